The fourth-order valence-corrected chi connectivity index (χ4v) is 3.22. The molecule has 1 unspecified atom stereocenters. The first-order chi connectivity index (χ1) is 9.26. The highest BCUT2D eigenvalue weighted by molar-refractivity contribution is 5.77. The number of carbonyl (C=O) groups is 2. The summed E-state index contributed by atoms with van der Waals surface area (Å²) in [5, 5.41) is 9.44. The maximum atomic E-state index is 12.4. The summed E-state index contributed by atoms with van der Waals surface area (Å²) < 4.78 is 10.8. The predicted molar refractivity (Wildman–Crippen MR) is 71.5 cm³/mol. The Morgan fingerprint density at radius 1 is 1.30 bits per heavy atom. The van der Waals surface area contributed by atoms with E-state index in [1.807, 2.05) is 20.8 Å². The third kappa shape index (κ3) is 2.75. The van der Waals surface area contributed by atoms with Gasteiger partial charge < -0.3 is 19.5 Å². The van der Waals surface area contributed by atoms with E-state index >= 15 is 0 Å². The lowest BCUT2D eigenvalue weighted by Crippen LogP contribution is -2.56. The number of hydrogen-bond donors (Lipinski definition) is 1. The van der Waals surface area contributed by atoms with Crippen molar-refractivity contribution in [2.45, 2.75) is 51.2 Å². The molecule has 0 saturated carbocycles. The van der Waals surface area contributed by atoms with Crippen LogP contribution in [0.3, 0.4) is 0 Å². The molecular formula is C14H23NO5. The van der Waals surface area contributed by atoms with Crippen molar-refractivity contribution in [2.75, 3.05) is 19.8 Å². The fraction of sp³-hybridized carbons (Fsp3) is 0.857. The number of aliphatic carboxylic acids is 1. The quantitative estimate of drug-likeness (QED) is 0.796. The van der Waals surface area contributed by atoms with Crippen molar-refractivity contribution >= 4 is 12.1 Å². The summed E-state index contributed by atoms with van der Waals surface area (Å²) >= 11 is 0. The van der Waals surface area contributed by atoms with Crippen LogP contribution in [-0.2, 0) is 14.3 Å². The molecule has 1 N–H and O–H groups in total. The summed E-state index contributed by atoms with van der Waals surface area (Å²) in [7, 11) is 0. The van der Waals surface area contributed by atoms with E-state index in [2.05, 4.69) is 0 Å². The van der Waals surface area contributed by atoms with Crippen molar-refractivity contribution in [1.82, 2.24) is 4.90 Å². The number of ether oxygens (including phenoxy) is 2. The minimum Gasteiger partial charge on any atom is -0.481 e. The number of carbonyl (C=O) groups excluding carboxylic acids is 1. The molecule has 0 aliphatic carbocycles. The second kappa shape index (κ2) is 5.24. The van der Waals surface area contributed by atoms with Gasteiger partial charge in [0.15, 0.2) is 0 Å². The zero-order valence-corrected chi connectivity index (χ0v) is 12.3. The highest BCUT2D eigenvalue weighted by atomic mass is 16.6. The number of carboxylic acid groups (broad SMARTS) is 1. The van der Waals surface area contributed by atoms with Crippen LogP contribution in [0.1, 0.15) is 40.0 Å². The van der Waals surface area contributed by atoms with E-state index in [4.69, 9.17) is 9.47 Å². The van der Waals surface area contributed by atoms with Gasteiger partial charge in [-0.1, -0.05) is 0 Å². The lowest BCUT2D eigenvalue weighted by molar-refractivity contribution is -0.147. The smallest absolute Gasteiger partial charge is 0.410 e. The third-order valence-corrected chi connectivity index (χ3v) is 4.10. The molecule has 0 radical (unpaired) electrons. The van der Waals surface area contributed by atoms with Crippen LogP contribution in [0.15, 0.2) is 0 Å². The molecule has 0 aromatic heterocycles. The first-order valence-corrected chi connectivity index (χ1v) is 7.07. The van der Waals surface area contributed by atoms with Gasteiger partial charge in [0.25, 0.3) is 0 Å². The van der Waals surface area contributed by atoms with Crippen molar-refractivity contribution in [3.63, 3.8) is 0 Å². The summed E-state index contributed by atoms with van der Waals surface area (Å²) in [6.45, 7) is 6.85. The summed E-state index contributed by atoms with van der Waals surface area (Å²) in [6, 6.07) is 0. The third-order valence-electron chi connectivity index (χ3n) is 4.10. The van der Waals surface area contributed by atoms with Crippen molar-refractivity contribution in [1.29, 1.82) is 0 Å². The molecule has 6 nitrogen and oxygen atoms in total. The normalized spacial score (nSPS) is 25.8. The molecular weight excluding hydrogens is 262 g/mol. The van der Waals surface area contributed by atoms with Crippen LogP contribution in [0.25, 0.3) is 0 Å². The molecule has 0 bridgehead atoms. The van der Waals surface area contributed by atoms with Gasteiger partial charge in [0.05, 0.1) is 11.5 Å². The fourth-order valence-electron chi connectivity index (χ4n) is 3.22. The Labute approximate surface area is 119 Å². The van der Waals surface area contributed by atoms with Gasteiger partial charge in [0.1, 0.15) is 5.60 Å². The average molecular weight is 285 g/mol. The monoisotopic (exact) mass is 285 g/mol. The number of likely N-dealkylation sites (tertiary alicyclic amines) is 1. The number of rotatable bonds is 1. The SMILES string of the molecule is CC(C)(C)OC(=O)N1CCC(C(=O)O)C12CCOCC2. The first kappa shape index (κ1) is 15.1. The van der Waals surface area contributed by atoms with Gasteiger partial charge in [-0.05, 0) is 40.0 Å². The van der Waals surface area contributed by atoms with Gasteiger partial charge >= 0.3 is 12.1 Å². The van der Waals surface area contributed by atoms with Crippen molar-refractivity contribution < 1.29 is 24.2 Å². The molecule has 2 saturated heterocycles. The Balaban J connectivity index is 2.23. The Bertz CT molecular complexity index is 395. The lowest BCUT2D eigenvalue weighted by atomic mass is 9.78. The molecule has 114 valence electrons. The van der Waals surface area contributed by atoms with Gasteiger partial charge in [0, 0.05) is 19.8 Å². The van der Waals surface area contributed by atoms with Gasteiger partial charge in [-0.3, -0.25) is 4.79 Å². The lowest BCUT2D eigenvalue weighted by Gasteiger charge is -2.43. The van der Waals surface area contributed by atoms with E-state index in [-0.39, 0.29) is 0 Å². The molecule has 20 heavy (non-hydrogen) atoms. The number of amides is 1. The summed E-state index contributed by atoms with van der Waals surface area (Å²) in [4.78, 5) is 25.5. The van der Waals surface area contributed by atoms with E-state index in [1.165, 1.54) is 0 Å². The van der Waals surface area contributed by atoms with Crippen LogP contribution < -0.4 is 0 Å². The van der Waals surface area contributed by atoms with Crippen LogP contribution in [0, 0.1) is 5.92 Å². The maximum absolute atomic E-state index is 12.4. The highest BCUT2D eigenvalue weighted by Gasteiger charge is 2.55. The summed E-state index contributed by atoms with van der Waals surface area (Å²) in [5.74, 6) is -1.36. The minimum atomic E-state index is -0.835. The van der Waals surface area contributed by atoms with Gasteiger partial charge in [-0.15, -0.1) is 0 Å². The molecule has 0 aromatic carbocycles. The molecule has 0 aromatic rings. The van der Waals surface area contributed by atoms with Crippen LogP contribution in [0.2, 0.25) is 0 Å². The molecule has 1 spiro atoms. The Hall–Kier alpha value is -1.30. The number of nitrogens with zero attached hydrogens (tertiary/aromatic N) is 1. The Morgan fingerprint density at radius 3 is 2.40 bits per heavy atom. The molecule has 2 rings (SSSR count). The van der Waals surface area contributed by atoms with E-state index in [0.717, 1.165) is 0 Å². The predicted octanol–water partition coefficient (Wildman–Crippen LogP) is 1.88. The molecule has 2 aliphatic rings. The van der Waals surface area contributed by atoms with Crippen molar-refractivity contribution in [3.05, 3.63) is 0 Å². The largest absolute Gasteiger partial charge is 0.481 e. The zero-order chi connectivity index (χ0) is 15.0. The maximum Gasteiger partial charge on any atom is 0.410 e. The van der Waals surface area contributed by atoms with Crippen LogP contribution in [0.5, 0.6) is 0 Å². The molecule has 6 heteroatoms. The summed E-state index contributed by atoms with van der Waals surface area (Å²) in [5.41, 5.74) is -1.23. The van der Waals surface area contributed by atoms with Crippen molar-refractivity contribution in [2.24, 2.45) is 5.92 Å². The highest BCUT2D eigenvalue weighted by Crippen LogP contribution is 2.43. The molecule has 1 atom stereocenters. The second-order valence-corrected chi connectivity index (χ2v) is 6.53. The van der Waals surface area contributed by atoms with Gasteiger partial charge in [-0.2, -0.15) is 0 Å². The van der Waals surface area contributed by atoms with E-state index in [0.29, 0.717) is 39.0 Å². The second-order valence-electron chi connectivity index (χ2n) is 6.53. The first-order valence-electron chi connectivity index (χ1n) is 7.07. The standard InChI is InChI=1S/C14H23NO5/c1-13(2,3)20-12(18)15-7-4-10(11(16)17)14(15)5-8-19-9-6-14/h10H,4-9H2,1-3H3,(H,16,17). The van der Waals surface area contributed by atoms with Gasteiger partial charge in [0.2, 0.25) is 0 Å². The average Bonchev–Trinajstić information content (AvgIpc) is 2.67. The topological polar surface area (TPSA) is 76.1 Å². The van der Waals surface area contributed by atoms with Crippen LogP contribution in [-0.4, -0.2) is 53.0 Å². The van der Waals surface area contributed by atoms with E-state index in [9.17, 15) is 14.7 Å². The summed E-state index contributed by atoms with van der Waals surface area (Å²) in [6.07, 6.45) is 1.18. The Kier molecular flexibility index (Phi) is 3.95. The zero-order valence-electron chi connectivity index (χ0n) is 12.3. The van der Waals surface area contributed by atoms with Crippen molar-refractivity contribution in [3.8, 4) is 0 Å². The minimum absolute atomic E-state index is 0.414. The van der Waals surface area contributed by atoms with E-state index in [1.54, 1.807) is 4.90 Å². The molecule has 2 fully saturated rings. The molecule has 2 aliphatic heterocycles. The molecule has 1 amide bonds. The van der Waals surface area contributed by atoms with E-state index < -0.39 is 29.1 Å². The van der Waals surface area contributed by atoms with Crippen LogP contribution in [0.4, 0.5) is 4.79 Å². The van der Waals surface area contributed by atoms with Gasteiger partial charge in [-0.25, -0.2) is 4.79 Å². The number of carboxylic acids is 1. The molecule has 2 heterocycles. The van der Waals surface area contributed by atoms with Crippen LogP contribution >= 0.6 is 0 Å². The Morgan fingerprint density at radius 2 is 1.90 bits per heavy atom. The number of hydrogen-bond acceptors (Lipinski definition) is 4.